The average Bonchev–Trinajstić information content (AvgIpc) is 2.28. The molecule has 0 saturated heterocycles. The molecule has 2 nitrogen and oxygen atoms in total. The van der Waals surface area contributed by atoms with Crippen molar-refractivity contribution in [3.63, 3.8) is 0 Å². The third-order valence-corrected chi connectivity index (χ3v) is 2.16. The third-order valence-electron chi connectivity index (χ3n) is 2.16. The largest absolute Gasteiger partial charge is 0.481 e. The van der Waals surface area contributed by atoms with Crippen LogP contribution in [0, 0.1) is 0 Å². The van der Waals surface area contributed by atoms with Gasteiger partial charge in [0.25, 0.3) is 0 Å². The van der Waals surface area contributed by atoms with Gasteiger partial charge in [-0.3, -0.25) is 4.79 Å². The molecular weight excluding hydrogens is 200 g/mol. The van der Waals surface area contributed by atoms with E-state index < -0.39 is 5.97 Å². The fourth-order valence-corrected chi connectivity index (χ4v) is 1.27. The summed E-state index contributed by atoms with van der Waals surface area (Å²) in [4.78, 5) is 10.2. The summed E-state index contributed by atoms with van der Waals surface area (Å²) in [5, 5.41) is 8.37. The van der Waals surface area contributed by atoms with E-state index >= 15 is 0 Å². The first-order valence-electron chi connectivity index (χ1n) is 5.96. The van der Waals surface area contributed by atoms with Gasteiger partial charge in [0.15, 0.2) is 0 Å². The van der Waals surface area contributed by atoms with Crippen LogP contribution in [-0.2, 0) is 11.2 Å². The van der Waals surface area contributed by atoms with E-state index in [1.54, 1.807) is 12.1 Å². The molecule has 0 radical (unpaired) electrons. The van der Waals surface area contributed by atoms with Gasteiger partial charge in [-0.25, -0.2) is 0 Å². The molecule has 0 spiro atoms. The van der Waals surface area contributed by atoms with Crippen LogP contribution < -0.4 is 0 Å². The molecule has 1 rings (SSSR count). The molecule has 1 N–H and O–H groups in total. The Kier molecular flexibility index (Phi) is 9.38. The van der Waals surface area contributed by atoms with E-state index in [2.05, 4.69) is 13.8 Å². The van der Waals surface area contributed by atoms with Crippen LogP contribution in [0.5, 0.6) is 0 Å². The Balaban J connectivity index is 0.000000325. The summed E-state index contributed by atoms with van der Waals surface area (Å²) in [5.41, 5.74) is 0.843. The highest BCUT2D eigenvalue weighted by Gasteiger charge is 1.96. The molecule has 0 saturated carbocycles. The summed E-state index contributed by atoms with van der Waals surface area (Å²) < 4.78 is 0. The quantitative estimate of drug-likeness (QED) is 0.767. The second-order valence-corrected chi connectivity index (χ2v) is 3.76. The zero-order valence-corrected chi connectivity index (χ0v) is 10.3. The standard InChI is InChI=1S/C8H8O2.C6H14/c9-8(10)6-7-4-2-1-3-5-7;1-3-5-6-4-2/h1-5H,6H2,(H,9,10);3-6H2,1-2H3. The molecule has 0 aliphatic carbocycles. The van der Waals surface area contributed by atoms with Crippen LogP contribution in [0.2, 0.25) is 0 Å². The predicted octanol–water partition coefficient (Wildman–Crippen LogP) is 3.90. The molecule has 0 amide bonds. The molecule has 90 valence electrons. The van der Waals surface area contributed by atoms with Crippen LogP contribution in [0.15, 0.2) is 30.3 Å². The fraction of sp³-hybridized carbons (Fsp3) is 0.500. The normalized spacial score (nSPS) is 9.12. The average molecular weight is 222 g/mol. The number of carboxylic acid groups (broad SMARTS) is 1. The zero-order valence-electron chi connectivity index (χ0n) is 10.3. The van der Waals surface area contributed by atoms with Gasteiger partial charge in [-0.2, -0.15) is 0 Å². The van der Waals surface area contributed by atoms with Crippen LogP contribution in [0.4, 0.5) is 0 Å². The molecule has 0 aliphatic heterocycles. The first-order chi connectivity index (χ1) is 7.70. The molecule has 0 bridgehead atoms. The van der Waals surface area contributed by atoms with Gasteiger partial charge < -0.3 is 5.11 Å². The van der Waals surface area contributed by atoms with Crippen molar-refractivity contribution in [2.75, 3.05) is 0 Å². The number of carbonyl (C=O) groups is 1. The van der Waals surface area contributed by atoms with Crippen molar-refractivity contribution in [1.82, 2.24) is 0 Å². The van der Waals surface area contributed by atoms with Gasteiger partial charge in [-0.15, -0.1) is 0 Å². The Hall–Kier alpha value is -1.31. The lowest BCUT2D eigenvalue weighted by molar-refractivity contribution is -0.136. The van der Waals surface area contributed by atoms with Crippen molar-refractivity contribution in [3.05, 3.63) is 35.9 Å². The number of unbranched alkanes of at least 4 members (excludes halogenated alkanes) is 3. The maximum Gasteiger partial charge on any atom is 0.307 e. The maximum absolute atomic E-state index is 10.2. The van der Waals surface area contributed by atoms with Gasteiger partial charge in [0.1, 0.15) is 0 Å². The predicted molar refractivity (Wildman–Crippen MR) is 67.6 cm³/mol. The summed E-state index contributed by atoms with van der Waals surface area (Å²) in [5.74, 6) is -0.786. The topological polar surface area (TPSA) is 37.3 Å². The summed E-state index contributed by atoms with van der Waals surface area (Å²) in [6, 6.07) is 9.13. The zero-order chi connectivity index (χ0) is 12.2. The minimum Gasteiger partial charge on any atom is -0.481 e. The molecule has 1 aromatic carbocycles. The lowest BCUT2D eigenvalue weighted by Crippen LogP contribution is -1.98. The number of hydrogen-bond donors (Lipinski definition) is 1. The molecule has 0 unspecified atom stereocenters. The summed E-state index contributed by atoms with van der Waals surface area (Å²) in [6.45, 7) is 4.46. The van der Waals surface area contributed by atoms with E-state index in [4.69, 9.17) is 5.11 Å². The second-order valence-electron chi connectivity index (χ2n) is 3.76. The summed E-state index contributed by atoms with van der Waals surface area (Å²) in [7, 11) is 0. The van der Waals surface area contributed by atoms with Crippen molar-refractivity contribution in [3.8, 4) is 0 Å². The van der Waals surface area contributed by atoms with Crippen LogP contribution in [-0.4, -0.2) is 11.1 Å². The minimum atomic E-state index is -0.786. The molecule has 0 aliphatic rings. The lowest BCUT2D eigenvalue weighted by atomic mass is 10.2. The van der Waals surface area contributed by atoms with E-state index in [0.29, 0.717) is 0 Å². The monoisotopic (exact) mass is 222 g/mol. The van der Waals surface area contributed by atoms with Gasteiger partial charge in [0.2, 0.25) is 0 Å². The van der Waals surface area contributed by atoms with Crippen molar-refractivity contribution in [1.29, 1.82) is 0 Å². The van der Waals surface area contributed by atoms with Gasteiger partial charge in [0.05, 0.1) is 6.42 Å². The Morgan fingerprint density at radius 1 is 1.06 bits per heavy atom. The maximum atomic E-state index is 10.2. The first-order valence-corrected chi connectivity index (χ1v) is 5.96. The van der Waals surface area contributed by atoms with Crippen molar-refractivity contribution in [2.24, 2.45) is 0 Å². The molecule has 16 heavy (non-hydrogen) atoms. The van der Waals surface area contributed by atoms with Crippen LogP contribution in [0.3, 0.4) is 0 Å². The highest BCUT2D eigenvalue weighted by Crippen LogP contribution is 1.98. The molecule has 1 aromatic rings. The van der Waals surface area contributed by atoms with Crippen LogP contribution >= 0.6 is 0 Å². The van der Waals surface area contributed by atoms with Gasteiger partial charge in [-0.1, -0.05) is 69.9 Å². The van der Waals surface area contributed by atoms with E-state index in [9.17, 15) is 4.79 Å². The molecule has 0 fully saturated rings. The minimum absolute atomic E-state index is 0.112. The SMILES string of the molecule is CCCCCC.O=C(O)Cc1ccccc1. The Morgan fingerprint density at radius 2 is 1.56 bits per heavy atom. The third kappa shape index (κ3) is 9.25. The second kappa shape index (κ2) is 10.2. The first kappa shape index (κ1) is 14.7. The van der Waals surface area contributed by atoms with Crippen LogP contribution in [0.1, 0.15) is 45.1 Å². The van der Waals surface area contributed by atoms with E-state index in [1.807, 2.05) is 18.2 Å². The lowest BCUT2D eigenvalue weighted by Gasteiger charge is -1.92. The number of aliphatic carboxylic acids is 1. The Morgan fingerprint density at radius 3 is 1.94 bits per heavy atom. The van der Waals surface area contributed by atoms with Crippen molar-refractivity contribution >= 4 is 5.97 Å². The molecule has 0 heterocycles. The van der Waals surface area contributed by atoms with E-state index in [0.717, 1.165) is 5.56 Å². The Bertz CT molecular complexity index is 263. The van der Waals surface area contributed by atoms with Gasteiger partial charge in [-0.05, 0) is 5.56 Å². The van der Waals surface area contributed by atoms with Crippen molar-refractivity contribution < 1.29 is 9.90 Å². The highest BCUT2D eigenvalue weighted by molar-refractivity contribution is 5.70. The molecule has 0 atom stereocenters. The number of benzene rings is 1. The summed E-state index contributed by atoms with van der Waals surface area (Å²) >= 11 is 0. The number of rotatable bonds is 5. The Labute approximate surface area is 98.3 Å². The van der Waals surface area contributed by atoms with Gasteiger partial charge in [0, 0.05) is 0 Å². The van der Waals surface area contributed by atoms with Crippen molar-refractivity contribution in [2.45, 2.75) is 46.0 Å². The molecule has 2 heteroatoms. The van der Waals surface area contributed by atoms with Gasteiger partial charge >= 0.3 is 5.97 Å². The number of carboxylic acids is 1. The van der Waals surface area contributed by atoms with E-state index in [1.165, 1.54) is 25.7 Å². The summed E-state index contributed by atoms with van der Waals surface area (Å²) in [6.07, 6.45) is 5.65. The molecule has 0 aromatic heterocycles. The molecular formula is C14H22O2. The fourth-order valence-electron chi connectivity index (χ4n) is 1.27. The number of hydrogen-bond acceptors (Lipinski definition) is 1. The van der Waals surface area contributed by atoms with Crippen LogP contribution in [0.25, 0.3) is 0 Å². The highest BCUT2D eigenvalue weighted by atomic mass is 16.4. The smallest absolute Gasteiger partial charge is 0.307 e. The van der Waals surface area contributed by atoms with E-state index in [-0.39, 0.29) is 6.42 Å².